The molecule has 0 unspecified atom stereocenters. The van der Waals surface area contributed by atoms with Gasteiger partial charge in [-0.25, -0.2) is 0 Å². The minimum Gasteiger partial charge on any atom is -0.494 e. The highest BCUT2D eigenvalue weighted by atomic mass is 16.5. The van der Waals surface area contributed by atoms with Crippen molar-refractivity contribution in [3.63, 3.8) is 0 Å². The Morgan fingerprint density at radius 1 is 0.867 bits per heavy atom. The fourth-order valence-corrected chi connectivity index (χ4v) is 2.47. The number of carbonyl (C=O) groups excluding carboxylic acids is 3. The van der Waals surface area contributed by atoms with E-state index in [0.717, 1.165) is 12.8 Å². The molecule has 0 heterocycles. The Labute approximate surface area is 175 Å². The van der Waals surface area contributed by atoms with Gasteiger partial charge in [0, 0.05) is 24.0 Å². The SMILES string of the molecule is CCCCOc1ccc(C(=O)NCC(=O)Nc2ccc(NC(=O)COC)cc2)cc1. The maximum absolute atomic E-state index is 12.2. The van der Waals surface area contributed by atoms with Crippen LogP contribution in [0.2, 0.25) is 0 Å². The van der Waals surface area contributed by atoms with Crippen molar-refractivity contribution in [2.45, 2.75) is 19.8 Å². The predicted octanol–water partition coefficient (Wildman–Crippen LogP) is 2.82. The lowest BCUT2D eigenvalue weighted by atomic mass is 10.2. The zero-order chi connectivity index (χ0) is 21.8. The molecule has 0 bridgehead atoms. The molecule has 0 radical (unpaired) electrons. The lowest BCUT2D eigenvalue weighted by Crippen LogP contribution is -2.32. The van der Waals surface area contributed by atoms with Crippen LogP contribution in [0.25, 0.3) is 0 Å². The molecule has 0 saturated heterocycles. The maximum Gasteiger partial charge on any atom is 0.251 e. The normalized spacial score (nSPS) is 10.2. The van der Waals surface area contributed by atoms with Crippen molar-refractivity contribution in [3.05, 3.63) is 54.1 Å². The van der Waals surface area contributed by atoms with Crippen LogP contribution in [-0.4, -0.2) is 44.6 Å². The summed E-state index contributed by atoms with van der Waals surface area (Å²) in [7, 11) is 1.44. The quantitative estimate of drug-likeness (QED) is 0.491. The Bertz CT molecular complexity index is 835. The van der Waals surface area contributed by atoms with Gasteiger partial charge < -0.3 is 25.4 Å². The second kappa shape index (κ2) is 12.2. The largest absolute Gasteiger partial charge is 0.494 e. The number of carbonyl (C=O) groups is 3. The highest BCUT2D eigenvalue weighted by Crippen LogP contribution is 2.14. The molecule has 0 aliphatic heterocycles. The first-order valence-electron chi connectivity index (χ1n) is 9.71. The van der Waals surface area contributed by atoms with Gasteiger partial charge in [0.2, 0.25) is 11.8 Å². The molecule has 2 aromatic rings. The van der Waals surface area contributed by atoms with Crippen molar-refractivity contribution in [3.8, 4) is 5.75 Å². The smallest absolute Gasteiger partial charge is 0.251 e. The molecular formula is C22H27N3O5. The third kappa shape index (κ3) is 7.92. The number of ether oxygens (including phenoxy) is 2. The van der Waals surface area contributed by atoms with Crippen LogP contribution in [0.5, 0.6) is 5.75 Å². The molecule has 0 aliphatic carbocycles. The second-order valence-corrected chi connectivity index (χ2v) is 6.52. The summed E-state index contributed by atoms with van der Waals surface area (Å²) >= 11 is 0. The van der Waals surface area contributed by atoms with E-state index in [1.165, 1.54) is 7.11 Å². The Hall–Kier alpha value is -3.39. The van der Waals surface area contributed by atoms with Gasteiger partial charge in [0.15, 0.2) is 0 Å². The fraction of sp³-hybridized carbons (Fsp3) is 0.318. The molecule has 0 atom stereocenters. The summed E-state index contributed by atoms with van der Waals surface area (Å²) < 4.78 is 10.3. The van der Waals surface area contributed by atoms with E-state index in [9.17, 15) is 14.4 Å². The van der Waals surface area contributed by atoms with Crippen LogP contribution >= 0.6 is 0 Å². The van der Waals surface area contributed by atoms with Crippen molar-refractivity contribution in [1.29, 1.82) is 0 Å². The first kappa shape index (κ1) is 22.9. The molecule has 0 aliphatic rings. The summed E-state index contributed by atoms with van der Waals surface area (Å²) in [5.41, 5.74) is 1.58. The number of nitrogens with one attached hydrogen (secondary N) is 3. The van der Waals surface area contributed by atoms with Gasteiger partial charge in [-0.1, -0.05) is 13.3 Å². The van der Waals surface area contributed by atoms with Crippen molar-refractivity contribution < 1.29 is 23.9 Å². The number of unbranched alkanes of at least 4 members (excludes halogenated alkanes) is 1. The molecule has 0 saturated carbocycles. The van der Waals surface area contributed by atoms with Crippen LogP contribution in [0.1, 0.15) is 30.1 Å². The highest BCUT2D eigenvalue weighted by Gasteiger charge is 2.09. The number of methoxy groups -OCH3 is 1. The van der Waals surface area contributed by atoms with Crippen LogP contribution in [-0.2, 0) is 14.3 Å². The van der Waals surface area contributed by atoms with E-state index in [4.69, 9.17) is 9.47 Å². The summed E-state index contributed by atoms with van der Waals surface area (Å²) in [6, 6.07) is 13.4. The Kier molecular flexibility index (Phi) is 9.33. The Balaban J connectivity index is 1.77. The third-order valence-corrected chi connectivity index (χ3v) is 4.02. The van der Waals surface area contributed by atoms with Crippen molar-refractivity contribution in [2.75, 3.05) is 37.5 Å². The van der Waals surface area contributed by atoms with Crippen molar-refractivity contribution in [2.24, 2.45) is 0 Å². The summed E-state index contributed by atoms with van der Waals surface area (Å²) in [5.74, 6) is -0.266. The van der Waals surface area contributed by atoms with Gasteiger partial charge in [0.1, 0.15) is 12.4 Å². The van der Waals surface area contributed by atoms with Crippen molar-refractivity contribution in [1.82, 2.24) is 5.32 Å². The molecular weight excluding hydrogens is 386 g/mol. The van der Waals surface area contributed by atoms with E-state index in [-0.39, 0.29) is 30.9 Å². The van der Waals surface area contributed by atoms with Gasteiger partial charge in [-0.15, -0.1) is 0 Å². The minimum absolute atomic E-state index is 0.0349. The van der Waals surface area contributed by atoms with Gasteiger partial charge in [-0.2, -0.15) is 0 Å². The Morgan fingerprint density at radius 2 is 1.47 bits per heavy atom. The molecule has 0 aromatic heterocycles. The van der Waals surface area contributed by atoms with Gasteiger partial charge in [-0.05, 0) is 55.0 Å². The summed E-state index contributed by atoms with van der Waals surface area (Å²) in [6.07, 6.45) is 2.03. The molecule has 8 nitrogen and oxygen atoms in total. The number of anilines is 2. The number of amides is 3. The van der Waals surface area contributed by atoms with E-state index in [2.05, 4.69) is 22.9 Å². The molecule has 2 aromatic carbocycles. The van der Waals surface area contributed by atoms with Crippen LogP contribution < -0.4 is 20.7 Å². The van der Waals surface area contributed by atoms with E-state index >= 15 is 0 Å². The van der Waals surface area contributed by atoms with Crippen LogP contribution in [0.15, 0.2) is 48.5 Å². The molecule has 8 heteroatoms. The van der Waals surface area contributed by atoms with Gasteiger partial charge in [0.05, 0.1) is 13.2 Å². The first-order valence-corrected chi connectivity index (χ1v) is 9.71. The van der Waals surface area contributed by atoms with E-state index < -0.39 is 0 Å². The first-order chi connectivity index (χ1) is 14.5. The standard InChI is InChI=1S/C22H27N3O5/c1-3-4-13-30-19-11-5-16(6-12-19)22(28)23-14-20(26)24-17-7-9-18(10-8-17)25-21(27)15-29-2/h5-12H,3-4,13-15H2,1-2H3,(H,23,28)(H,24,26)(H,25,27). The minimum atomic E-state index is -0.362. The molecule has 160 valence electrons. The average molecular weight is 413 g/mol. The van der Waals surface area contributed by atoms with E-state index in [0.29, 0.717) is 29.3 Å². The second-order valence-electron chi connectivity index (χ2n) is 6.52. The monoisotopic (exact) mass is 413 g/mol. The van der Waals surface area contributed by atoms with Gasteiger partial charge in [0.25, 0.3) is 5.91 Å². The highest BCUT2D eigenvalue weighted by molar-refractivity contribution is 5.99. The molecule has 3 N–H and O–H groups in total. The van der Waals surface area contributed by atoms with E-state index in [1.54, 1.807) is 48.5 Å². The zero-order valence-corrected chi connectivity index (χ0v) is 17.2. The predicted molar refractivity (Wildman–Crippen MR) is 115 cm³/mol. The average Bonchev–Trinajstić information content (AvgIpc) is 2.74. The molecule has 30 heavy (non-hydrogen) atoms. The van der Waals surface area contributed by atoms with Crippen LogP contribution in [0.3, 0.4) is 0 Å². The lowest BCUT2D eigenvalue weighted by molar-refractivity contribution is -0.119. The van der Waals surface area contributed by atoms with E-state index in [1.807, 2.05) is 0 Å². The maximum atomic E-state index is 12.2. The zero-order valence-electron chi connectivity index (χ0n) is 17.2. The van der Waals surface area contributed by atoms with Gasteiger partial charge in [-0.3, -0.25) is 14.4 Å². The summed E-state index contributed by atoms with van der Waals surface area (Å²) in [5, 5.41) is 7.92. The number of benzene rings is 2. The number of hydrogen-bond acceptors (Lipinski definition) is 5. The van der Waals surface area contributed by atoms with Gasteiger partial charge >= 0.3 is 0 Å². The number of hydrogen-bond donors (Lipinski definition) is 3. The topological polar surface area (TPSA) is 106 Å². The molecule has 0 fully saturated rings. The number of rotatable bonds is 11. The fourth-order valence-electron chi connectivity index (χ4n) is 2.47. The summed E-state index contributed by atoms with van der Waals surface area (Å²) in [4.78, 5) is 35.7. The lowest BCUT2D eigenvalue weighted by Gasteiger charge is -2.09. The third-order valence-electron chi connectivity index (χ3n) is 4.02. The molecule has 2 rings (SSSR count). The Morgan fingerprint density at radius 3 is 2.03 bits per heavy atom. The van der Waals surface area contributed by atoms with Crippen LogP contribution in [0.4, 0.5) is 11.4 Å². The molecule has 0 spiro atoms. The van der Waals surface area contributed by atoms with Crippen LogP contribution in [0, 0.1) is 0 Å². The summed E-state index contributed by atoms with van der Waals surface area (Å²) in [6.45, 7) is 2.53. The molecule has 3 amide bonds. The van der Waals surface area contributed by atoms with Crippen molar-refractivity contribution >= 4 is 29.1 Å².